The van der Waals surface area contributed by atoms with E-state index in [1.54, 1.807) is 6.07 Å². The second kappa shape index (κ2) is 8.23. The van der Waals surface area contributed by atoms with Crippen molar-refractivity contribution in [3.05, 3.63) is 89.5 Å². The Hall–Kier alpha value is -3.54. The zero-order chi connectivity index (χ0) is 19.2. The number of halogens is 1. The number of hydrogen-bond acceptors (Lipinski definition) is 3. The smallest absolute Gasteiger partial charge is 0.274 e. The first-order valence-electron chi connectivity index (χ1n) is 8.49. The predicted molar refractivity (Wildman–Crippen MR) is 102 cm³/mol. The van der Waals surface area contributed by atoms with Crippen molar-refractivity contribution in [2.24, 2.45) is 0 Å². The monoisotopic (exact) mass is 363 g/mol. The molecule has 0 bridgehead atoms. The largest absolute Gasteiger partial charge is 0.321 e. The minimum atomic E-state index is -0.534. The minimum Gasteiger partial charge on any atom is -0.321 e. The fourth-order valence-corrected chi connectivity index (χ4v) is 2.47. The van der Waals surface area contributed by atoms with Crippen LogP contribution in [-0.2, 0) is 6.42 Å². The molecule has 27 heavy (non-hydrogen) atoms. The highest BCUT2D eigenvalue weighted by Gasteiger charge is 2.13. The molecule has 0 aliphatic carbocycles. The van der Waals surface area contributed by atoms with Crippen LogP contribution in [0.2, 0.25) is 0 Å². The van der Waals surface area contributed by atoms with E-state index in [9.17, 15) is 14.0 Å². The van der Waals surface area contributed by atoms with E-state index in [0.717, 1.165) is 12.0 Å². The number of hydrogen-bond donors (Lipinski definition) is 2. The van der Waals surface area contributed by atoms with Gasteiger partial charge in [-0.3, -0.25) is 14.6 Å². The van der Waals surface area contributed by atoms with Crippen LogP contribution in [0.4, 0.5) is 15.8 Å². The number of para-hydroxylation sites is 1. The minimum absolute atomic E-state index is 0.0707. The highest BCUT2D eigenvalue weighted by molar-refractivity contribution is 6.07. The lowest BCUT2D eigenvalue weighted by Gasteiger charge is -2.08. The van der Waals surface area contributed by atoms with Gasteiger partial charge in [0.1, 0.15) is 11.5 Å². The lowest BCUT2D eigenvalue weighted by molar-refractivity contribution is 0.102. The molecule has 0 aliphatic heterocycles. The van der Waals surface area contributed by atoms with Crippen LogP contribution in [0.1, 0.15) is 33.3 Å². The number of carbonyl (C=O) groups excluding carboxylic acids is 2. The van der Waals surface area contributed by atoms with Gasteiger partial charge in [-0.15, -0.1) is 0 Å². The molecular weight excluding hydrogens is 345 g/mol. The van der Waals surface area contributed by atoms with Crippen LogP contribution in [0, 0.1) is 5.82 Å². The van der Waals surface area contributed by atoms with Gasteiger partial charge in [-0.2, -0.15) is 0 Å². The highest BCUT2D eigenvalue weighted by Crippen LogP contribution is 2.15. The summed E-state index contributed by atoms with van der Waals surface area (Å²) in [5.41, 5.74) is 2.18. The van der Waals surface area contributed by atoms with Crippen LogP contribution in [-0.4, -0.2) is 16.8 Å². The quantitative estimate of drug-likeness (QED) is 0.710. The van der Waals surface area contributed by atoms with Gasteiger partial charge in [-0.1, -0.05) is 31.2 Å². The van der Waals surface area contributed by atoms with Crippen molar-refractivity contribution in [1.82, 2.24) is 4.98 Å². The number of aryl methyl sites for hydroxylation is 1. The summed E-state index contributed by atoms with van der Waals surface area (Å²) < 4.78 is 13.7. The third-order valence-electron chi connectivity index (χ3n) is 4.00. The van der Waals surface area contributed by atoms with Crippen LogP contribution in [0.25, 0.3) is 0 Å². The molecule has 0 saturated heterocycles. The van der Waals surface area contributed by atoms with Gasteiger partial charge in [-0.25, -0.2) is 4.39 Å². The molecule has 5 nitrogen and oxygen atoms in total. The topological polar surface area (TPSA) is 71.1 Å². The molecule has 0 aliphatic rings. The van der Waals surface area contributed by atoms with Gasteiger partial charge in [0.2, 0.25) is 0 Å². The first-order chi connectivity index (χ1) is 13.1. The van der Waals surface area contributed by atoms with E-state index in [2.05, 4.69) is 22.5 Å². The fourth-order valence-electron chi connectivity index (χ4n) is 2.47. The Morgan fingerprint density at radius 1 is 0.963 bits per heavy atom. The first-order valence-corrected chi connectivity index (χ1v) is 8.49. The van der Waals surface area contributed by atoms with Crippen LogP contribution in [0.3, 0.4) is 0 Å². The van der Waals surface area contributed by atoms with Gasteiger partial charge < -0.3 is 10.6 Å². The summed E-state index contributed by atoms with van der Waals surface area (Å²) in [6.07, 6.45) is 2.28. The number of nitrogens with zero attached hydrogens (tertiary/aromatic N) is 1. The molecule has 0 spiro atoms. The van der Waals surface area contributed by atoms with E-state index >= 15 is 0 Å². The van der Waals surface area contributed by atoms with Gasteiger partial charge in [0.25, 0.3) is 11.8 Å². The molecule has 2 amide bonds. The average molecular weight is 363 g/mol. The maximum Gasteiger partial charge on any atom is 0.274 e. The van der Waals surface area contributed by atoms with Crippen LogP contribution in [0.5, 0.6) is 0 Å². The van der Waals surface area contributed by atoms with Gasteiger partial charge >= 0.3 is 0 Å². The van der Waals surface area contributed by atoms with Crippen LogP contribution in [0.15, 0.2) is 66.9 Å². The summed E-state index contributed by atoms with van der Waals surface area (Å²) in [5, 5.41) is 5.22. The fraction of sp³-hybridized carbons (Fsp3) is 0.0952. The Kier molecular flexibility index (Phi) is 5.56. The van der Waals surface area contributed by atoms with E-state index < -0.39 is 17.6 Å². The second-order valence-corrected chi connectivity index (χ2v) is 5.87. The molecule has 3 aromatic rings. The van der Waals surface area contributed by atoms with Crippen LogP contribution < -0.4 is 10.6 Å². The maximum atomic E-state index is 13.7. The number of nitrogens with one attached hydrogen (secondary N) is 2. The van der Waals surface area contributed by atoms with Gasteiger partial charge in [-0.05, 0) is 48.4 Å². The van der Waals surface area contributed by atoms with Gasteiger partial charge in [0, 0.05) is 17.4 Å². The number of pyridine rings is 1. The number of benzene rings is 2. The summed E-state index contributed by atoms with van der Waals surface area (Å²) in [4.78, 5) is 28.7. The number of amides is 2. The summed E-state index contributed by atoms with van der Waals surface area (Å²) in [5.74, 6) is -1.49. The number of anilines is 2. The van der Waals surface area contributed by atoms with Crippen molar-refractivity contribution in [3.8, 4) is 0 Å². The van der Waals surface area contributed by atoms with E-state index in [4.69, 9.17) is 0 Å². The Balaban J connectivity index is 1.73. The van der Waals surface area contributed by atoms with Crippen LogP contribution >= 0.6 is 0 Å². The first kappa shape index (κ1) is 18.3. The SMILES string of the molecule is CCc1ccc(NC(=O)c2cc(C(=O)Nc3ccccc3F)ccn2)cc1. The number of carbonyl (C=O) groups is 2. The van der Waals surface area contributed by atoms with Crippen molar-refractivity contribution in [2.75, 3.05) is 10.6 Å². The summed E-state index contributed by atoms with van der Waals surface area (Å²) >= 11 is 0. The molecule has 136 valence electrons. The standard InChI is InChI=1S/C21H18FN3O2/c1-2-14-7-9-16(10-8-14)24-21(27)19-13-15(11-12-23-19)20(26)25-18-6-4-3-5-17(18)22/h3-13H,2H2,1H3,(H,24,27)(H,25,26). The second-order valence-electron chi connectivity index (χ2n) is 5.87. The van der Waals surface area contributed by atoms with Crippen molar-refractivity contribution in [3.63, 3.8) is 0 Å². The highest BCUT2D eigenvalue weighted by atomic mass is 19.1. The number of aromatic nitrogens is 1. The molecule has 0 atom stereocenters. The Labute approximate surface area is 156 Å². The van der Waals surface area contributed by atoms with Gasteiger partial charge in [0.15, 0.2) is 0 Å². The number of rotatable bonds is 5. The Bertz CT molecular complexity index is 971. The third kappa shape index (κ3) is 4.55. The van der Waals surface area contributed by atoms with Crippen molar-refractivity contribution in [1.29, 1.82) is 0 Å². The van der Waals surface area contributed by atoms with Crippen molar-refractivity contribution in [2.45, 2.75) is 13.3 Å². The summed E-state index contributed by atoms with van der Waals surface area (Å²) in [6.45, 7) is 2.05. The van der Waals surface area contributed by atoms with Crippen molar-refractivity contribution < 1.29 is 14.0 Å². The molecule has 0 radical (unpaired) electrons. The zero-order valence-electron chi connectivity index (χ0n) is 14.7. The molecule has 0 unspecified atom stereocenters. The lowest BCUT2D eigenvalue weighted by atomic mass is 10.1. The van der Waals surface area contributed by atoms with E-state index in [-0.39, 0.29) is 16.9 Å². The van der Waals surface area contributed by atoms with E-state index in [1.807, 2.05) is 24.3 Å². The van der Waals surface area contributed by atoms with E-state index in [1.165, 1.54) is 36.5 Å². The molecule has 0 saturated carbocycles. The van der Waals surface area contributed by atoms with Crippen molar-refractivity contribution >= 4 is 23.2 Å². The third-order valence-corrected chi connectivity index (χ3v) is 4.00. The Morgan fingerprint density at radius 2 is 1.70 bits per heavy atom. The Morgan fingerprint density at radius 3 is 2.41 bits per heavy atom. The molecule has 6 heteroatoms. The molecule has 1 aromatic heterocycles. The molecule has 1 heterocycles. The average Bonchev–Trinajstić information content (AvgIpc) is 2.70. The summed E-state index contributed by atoms with van der Waals surface area (Å²) in [6, 6.07) is 16.2. The van der Waals surface area contributed by atoms with Gasteiger partial charge in [0.05, 0.1) is 5.69 Å². The zero-order valence-corrected chi connectivity index (χ0v) is 14.7. The van der Waals surface area contributed by atoms with E-state index in [0.29, 0.717) is 5.69 Å². The lowest BCUT2D eigenvalue weighted by Crippen LogP contribution is -2.17. The molecule has 2 aromatic carbocycles. The maximum absolute atomic E-state index is 13.7. The molecular formula is C21H18FN3O2. The molecule has 3 rings (SSSR count). The molecule has 2 N–H and O–H groups in total. The predicted octanol–water partition coefficient (Wildman–Crippen LogP) is 4.29. The summed E-state index contributed by atoms with van der Waals surface area (Å²) in [7, 11) is 0. The molecule has 0 fully saturated rings. The normalized spacial score (nSPS) is 10.3.